The monoisotopic (exact) mass is 377 g/mol. The van der Waals surface area contributed by atoms with Gasteiger partial charge < -0.3 is 14.8 Å². The maximum atomic E-state index is 12.0. The number of carbonyl (C=O) groups excluding carboxylic acids is 2. The van der Waals surface area contributed by atoms with Gasteiger partial charge in [0.15, 0.2) is 0 Å². The molecule has 1 saturated carbocycles. The van der Waals surface area contributed by atoms with E-state index >= 15 is 0 Å². The Hall–Kier alpha value is -2.19. The van der Waals surface area contributed by atoms with Crippen molar-refractivity contribution in [2.24, 2.45) is 5.92 Å². The maximum absolute atomic E-state index is 12.0. The van der Waals surface area contributed by atoms with Crippen LogP contribution in [-0.2, 0) is 9.47 Å². The first-order valence-corrected chi connectivity index (χ1v) is 8.96. The normalized spacial score (nSPS) is 19.3. The molecule has 0 aliphatic heterocycles. The van der Waals surface area contributed by atoms with Gasteiger partial charge in [0.25, 0.3) is 0 Å². The van der Waals surface area contributed by atoms with E-state index in [4.69, 9.17) is 21.1 Å². The first kappa shape index (κ1) is 20.1. The third-order valence-electron chi connectivity index (χ3n) is 4.00. The lowest BCUT2D eigenvalue weighted by Gasteiger charge is -2.23. The lowest BCUT2D eigenvalue weighted by Crippen LogP contribution is -2.40. The van der Waals surface area contributed by atoms with E-state index in [-0.39, 0.29) is 12.0 Å². The largest absolute Gasteiger partial charge is 0.465 e. The summed E-state index contributed by atoms with van der Waals surface area (Å²) in [6, 6.07) is 4.80. The number of hydrogen-bond donors (Lipinski definition) is 1. The van der Waals surface area contributed by atoms with Crippen molar-refractivity contribution < 1.29 is 19.1 Å². The Morgan fingerprint density at radius 2 is 2.00 bits per heavy atom. The van der Waals surface area contributed by atoms with Gasteiger partial charge in [-0.15, -0.1) is 0 Å². The number of amides is 1. The molecule has 1 aliphatic carbocycles. The summed E-state index contributed by atoms with van der Waals surface area (Å²) >= 11 is 6.03. The predicted molar refractivity (Wildman–Crippen MR) is 100 cm³/mol. The highest BCUT2D eigenvalue weighted by molar-refractivity contribution is 6.30. The third-order valence-corrected chi connectivity index (χ3v) is 4.23. The minimum absolute atomic E-state index is 0.00741. The molecule has 2 rings (SSSR count). The summed E-state index contributed by atoms with van der Waals surface area (Å²) in [6.45, 7) is 5.48. The van der Waals surface area contributed by atoms with Crippen molar-refractivity contribution in [1.29, 1.82) is 0 Å². The van der Waals surface area contributed by atoms with Gasteiger partial charge in [-0.3, -0.25) is 0 Å². The minimum atomic E-state index is -0.542. The number of methoxy groups -OCH3 is 1. The molecule has 1 fully saturated rings. The fourth-order valence-electron chi connectivity index (χ4n) is 2.84. The molecule has 1 N–H and O–H groups in total. The number of benzene rings is 1. The summed E-state index contributed by atoms with van der Waals surface area (Å²) < 4.78 is 10.1. The van der Waals surface area contributed by atoms with E-state index in [1.165, 1.54) is 7.11 Å². The Labute approximate surface area is 159 Å². The van der Waals surface area contributed by atoms with Gasteiger partial charge in [-0.25, -0.2) is 9.59 Å². The molecule has 0 aromatic heterocycles. The highest BCUT2D eigenvalue weighted by Crippen LogP contribution is 2.26. The van der Waals surface area contributed by atoms with Crippen LogP contribution in [0.15, 0.2) is 18.2 Å². The number of rotatable bonds is 2. The standard InChI is InChI=1S/C20H24ClNO4/c1-20(2,3)26-19(24)22-17-7-5-6-13(17)8-9-14-12-15(21)10-11-16(14)18(23)25-4/h10-13,17H,5-7H2,1-4H3,(H,22,24)/t13-,17+/m0/s1. The second kappa shape index (κ2) is 8.46. The number of halogens is 1. The van der Waals surface area contributed by atoms with Crippen LogP contribution in [0.4, 0.5) is 4.79 Å². The Balaban J connectivity index is 2.15. The van der Waals surface area contributed by atoms with Crippen molar-refractivity contribution in [3.05, 3.63) is 34.3 Å². The average Bonchev–Trinajstić information content (AvgIpc) is 2.97. The van der Waals surface area contributed by atoms with Gasteiger partial charge >= 0.3 is 12.1 Å². The van der Waals surface area contributed by atoms with Gasteiger partial charge in [-0.05, 0) is 51.8 Å². The van der Waals surface area contributed by atoms with E-state index in [9.17, 15) is 9.59 Å². The van der Waals surface area contributed by atoms with Crippen LogP contribution < -0.4 is 5.32 Å². The predicted octanol–water partition coefficient (Wildman–Crippen LogP) is 4.17. The highest BCUT2D eigenvalue weighted by atomic mass is 35.5. The van der Waals surface area contributed by atoms with Gasteiger partial charge in [0, 0.05) is 22.5 Å². The van der Waals surface area contributed by atoms with Crippen LogP contribution in [-0.4, -0.2) is 30.8 Å². The van der Waals surface area contributed by atoms with Gasteiger partial charge in [-0.2, -0.15) is 0 Å². The molecule has 1 aromatic rings. The number of nitrogens with one attached hydrogen (secondary N) is 1. The van der Waals surface area contributed by atoms with E-state index in [1.807, 2.05) is 20.8 Å². The Kier molecular flexibility index (Phi) is 6.55. The van der Waals surface area contributed by atoms with Crippen molar-refractivity contribution in [3.8, 4) is 11.8 Å². The topological polar surface area (TPSA) is 64.6 Å². The number of alkyl carbamates (subject to hydrolysis) is 1. The minimum Gasteiger partial charge on any atom is -0.465 e. The molecular formula is C20H24ClNO4. The molecule has 1 amide bonds. The Morgan fingerprint density at radius 3 is 2.65 bits per heavy atom. The van der Waals surface area contributed by atoms with Crippen LogP contribution in [0.1, 0.15) is 56.0 Å². The molecule has 2 atom stereocenters. The smallest absolute Gasteiger partial charge is 0.407 e. The molecule has 0 heterocycles. The van der Waals surface area contributed by atoms with Crippen LogP contribution in [0.5, 0.6) is 0 Å². The van der Waals surface area contributed by atoms with E-state index in [0.29, 0.717) is 16.1 Å². The maximum Gasteiger partial charge on any atom is 0.407 e. The van der Waals surface area contributed by atoms with Crippen molar-refractivity contribution in [3.63, 3.8) is 0 Å². The zero-order valence-corrected chi connectivity index (χ0v) is 16.3. The van der Waals surface area contributed by atoms with Crippen LogP contribution >= 0.6 is 11.6 Å². The van der Waals surface area contributed by atoms with Crippen molar-refractivity contribution in [2.45, 2.75) is 51.7 Å². The van der Waals surface area contributed by atoms with E-state index in [0.717, 1.165) is 19.3 Å². The van der Waals surface area contributed by atoms with Crippen LogP contribution in [0.3, 0.4) is 0 Å². The highest BCUT2D eigenvalue weighted by Gasteiger charge is 2.29. The lowest BCUT2D eigenvalue weighted by molar-refractivity contribution is 0.0498. The zero-order valence-electron chi connectivity index (χ0n) is 15.5. The van der Waals surface area contributed by atoms with Crippen molar-refractivity contribution >= 4 is 23.7 Å². The van der Waals surface area contributed by atoms with Crippen molar-refractivity contribution in [2.75, 3.05) is 7.11 Å². The Bertz CT molecular complexity index is 742. The summed E-state index contributed by atoms with van der Waals surface area (Å²) in [6.07, 6.45) is 2.26. The SMILES string of the molecule is COC(=O)c1ccc(Cl)cc1C#C[C@@H]1CCC[C@H]1NC(=O)OC(C)(C)C. The van der Waals surface area contributed by atoms with Crippen LogP contribution in [0.2, 0.25) is 5.02 Å². The molecule has 0 radical (unpaired) electrons. The van der Waals surface area contributed by atoms with E-state index in [1.54, 1.807) is 18.2 Å². The fourth-order valence-corrected chi connectivity index (χ4v) is 3.01. The van der Waals surface area contributed by atoms with Gasteiger partial charge in [0.2, 0.25) is 0 Å². The first-order valence-electron chi connectivity index (χ1n) is 8.58. The molecule has 6 heteroatoms. The number of hydrogen-bond acceptors (Lipinski definition) is 4. The molecule has 0 saturated heterocycles. The molecule has 1 aliphatic rings. The average molecular weight is 378 g/mol. The molecule has 1 aromatic carbocycles. The van der Waals surface area contributed by atoms with Crippen LogP contribution in [0.25, 0.3) is 0 Å². The lowest BCUT2D eigenvalue weighted by atomic mass is 10.0. The van der Waals surface area contributed by atoms with Gasteiger partial charge in [-0.1, -0.05) is 29.9 Å². The molecular weight excluding hydrogens is 354 g/mol. The summed E-state index contributed by atoms with van der Waals surface area (Å²) in [5.41, 5.74) is 0.353. The summed E-state index contributed by atoms with van der Waals surface area (Å²) in [7, 11) is 1.33. The number of ether oxygens (including phenoxy) is 2. The molecule has 0 unspecified atom stereocenters. The summed E-state index contributed by atoms with van der Waals surface area (Å²) in [5.74, 6) is 5.75. The second-order valence-electron chi connectivity index (χ2n) is 7.24. The van der Waals surface area contributed by atoms with E-state index < -0.39 is 17.7 Å². The van der Waals surface area contributed by atoms with Gasteiger partial charge in [0.1, 0.15) is 5.60 Å². The quantitative estimate of drug-likeness (QED) is 0.620. The van der Waals surface area contributed by atoms with E-state index in [2.05, 4.69) is 17.2 Å². The third kappa shape index (κ3) is 5.67. The number of esters is 1. The molecule has 0 spiro atoms. The fraction of sp³-hybridized carbons (Fsp3) is 0.500. The molecule has 5 nitrogen and oxygen atoms in total. The molecule has 140 valence electrons. The molecule has 26 heavy (non-hydrogen) atoms. The van der Waals surface area contributed by atoms with Crippen LogP contribution in [0, 0.1) is 17.8 Å². The summed E-state index contributed by atoms with van der Waals surface area (Å²) in [4.78, 5) is 23.9. The second-order valence-corrected chi connectivity index (χ2v) is 7.68. The number of carbonyl (C=O) groups is 2. The summed E-state index contributed by atoms with van der Waals surface area (Å²) in [5, 5.41) is 3.40. The first-order chi connectivity index (χ1) is 12.2. The van der Waals surface area contributed by atoms with Crippen molar-refractivity contribution in [1.82, 2.24) is 5.32 Å². The van der Waals surface area contributed by atoms with Gasteiger partial charge in [0.05, 0.1) is 12.7 Å². The Morgan fingerprint density at radius 1 is 1.27 bits per heavy atom. The molecule has 0 bridgehead atoms. The zero-order chi connectivity index (χ0) is 19.3.